The molecule has 2 atom stereocenters. The lowest BCUT2D eigenvalue weighted by Crippen LogP contribution is -2.43. The van der Waals surface area contributed by atoms with Crippen LogP contribution in [0.2, 0.25) is 0 Å². The Morgan fingerprint density at radius 1 is 1.53 bits per heavy atom. The van der Waals surface area contributed by atoms with Crippen molar-refractivity contribution >= 4 is 5.91 Å². The minimum Gasteiger partial charge on any atom is -0.396 e. The van der Waals surface area contributed by atoms with Crippen molar-refractivity contribution in [2.75, 3.05) is 32.9 Å². The Balaban J connectivity index is 2.37. The first-order valence-corrected chi connectivity index (χ1v) is 5.45. The van der Waals surface area contributed by atoms with Gasteiger partial charge in [-0.15, -0.1) is 0 Å². The Morgan fingerprint density at radius 2 is 2.13 bits per heavy atom. The van der Waals surface area contributed by atoms with Crippen LogP contribution >= 0.6 is 0 Å². The predicted octanol–water partition coefficient (Wildman–Crippen LogP) is 0.314. The van der Waals surface area contributed by atoms with Gasteiger partial charge in [-0.1, -0.05) is 6.92 Å². The first-order chi connectivity index (χ1) is 7.15. The van der Waals surface area contributed by atoms with Crippen molar-refractivity contribution in [3.05, 3.63) is 6.92 Å². The molecule has 0 aromatic rings. The number of carbonyl (C=O) groups excluding carboxylic acids is 1. The molecule has 1 N–H and O–H groups in total. The molecule has 1 amide bonds. The van der Waals surface area contributed by atoms with E-state index in [1.165, 1.54) is 0 Å². The summed E-state index contributed by atoms with van der Waals surface area (Å²) in [5, 5.41) is 8.90. The highest BCUT2D eigenvalue weighted by atomic mass is 16.5. The van der Waals surface area contributed by atoms with E-state index in [4.69, 9.17) is 9.84 Å². The molecule has 0 spiro atoms. The third-order valence-corrected chi connectivity index (χ3v) is 2.67. The minimum atomic E-state index is -0.245. The molecule has 0 aromatic heterocycles. The number of nitrogens with zero attached hydrogens (tertiary/aromatic N) is 1. The zero-order chi connectivity index (χ0) is 11.3. The molecule has 1 aliphatic heterocycles. The van der Waals surface area contributed by atoms with E-state index in [0.29, 0.717) is 32.7 Å². The highest BCUT2D eigenvalue weighted by Gasteiger charge is 2.23. The van der Waals surface area contributed by atoms with Crippen LogP contribution in [0.1, 0.15) is 13.3 Å². The lowest BCUT2D eigenvalue weighted by atomic mass is 9.96. The van der Waals surface area contributed by atoms with Gasteiger partial charge in [-0.3, -0.25) is 4.79 Å². The Bertz CT molecular complexity index is 202. The second-order valence-electron chi connectivity index (χ2n) is 4.16. The van der Waals surface area contributed by atoms with E-state index in [1.807, 2.05) is 6.92 Å². The Hall–Kier alpha value is -0.610. The minimum absolute atomic E-state index is 0.0820. The van der Waals surface area contributed by atoms with E-state index in [2.05, 4.69) is 6.92 Å². The molecule has 1 fully saturated rings. The maximum Gasteiger partial charge on any atom is 0.225 e. The van der Waals surface area contributed by atoms with Gasteiger partial charge in [-0.05, 0) is 19.3 Å². The van der Waals surface area contributed by atoms with Gasteiger partial charge in [0.25, 0.3) is 0 Å². The Labute approximate surface area is 91.2 Å². The highest BCUT2D eigenvalue weighted by molar-refractivity contribution is 5.79. The van der Waals surface area contributed by atoms with E-state index in [9.17, 15) is 4.79 Å². The van der Waals surface area contributed by atoms with Crippen LogP contribution < -0.4 is 0 Å². The fourth-order valence-corrected chi connectivity index (χ4v) is 1.70. The van der Waals surface area contributed by atoms with E-state index in [-0.39, 0.29) is 24.3 Å². The van der Waals surface area contributed by atoms with Crippen molar-refractivity contribution < 1.29 is 14.6 Å². The number of hydrogen-bond donors (Lipinski definition) is 1. The van der Waals surface area contributed by atoms with Gasteiger partial charge in [0, 0.05) is 25.6 Å². The molecule has 1 saturated heterocycles. The molecule has 0 aliphatic carbocycles. The largest absolute Gasteiger partial charge is 0.396 e. The first kappa shape index (κ1) is 12.5. The first-order valence-electron chi connectivity index (χ1n) is 5.45. The number of amides is 1. The molecule has 1 heterocycles. The van der Waals surface area contributed by atoms with E-state index in [0.717, 1.165) is 0 Å². The standard InChI is InChI=1S/C11H20NO3/c1-9(8-13)7-10(2)11(14)12-3-5-15-6-4-12/h9-10,13H,2-8H2,1H3. The van der Waals surface area contributed by atoms with Crippen molar-refractivity contribution in [1.29, 1.82) is 0 Å². The number of rotatable bonds is 4. The van der Waals surface area contributed by atoms with Crippen molar-refractivity contribution in [3.8, 4) is 0 Å². The van der Waals surface area contributed by atoms with Crippen molar-refractivity contribution in [1.82, 2.24) is 4.90 Å². The highest BCUT2D eigenvalue weighted by Crippen LogP contribution is 2.14. The zero-order valence-corrected chi connectivity index (χ0v) is 9.32. The summed E-state index contributed by atoms with van der Waals surface area (Å²) in [6.45, 7) is 8.46. The smallest absolute Gasteiger partial charge is 0.225 e. The van der Waals surface area contributed by atoms with Crippen LogP contribution in [0.25, 0.3) is 0 Å². The second kappa shape index (κ2) is 6.08. The summed E-state index contributed by atoms with van der Waals surface area (Å²) in [5.74, 6) is -0.0265. The fourth-order valence-electron chi connectivity index (χ4n) is 1.70. The molecular weight excluding hydrogens is 194 g/mol. The summed E-state index contributed by atoms with van der Waals surface area (Å²) in [7, 11) is 0. The summed E-state index contributed by atoms with van der Waals surface area (Å²) >= 11 is 0. The maximum atomic E-state index is 11.9. The van der Waals surface area contributed by atoms with Crippen LogP contribution in [-0.4, -0.2) is 48.8 Å². The van der Waals surface area contributed by atoms with Crippen LogP contribution in [0.5, 0.6) is 0 Å². The quantitative estimate of drug-likeness (QED) is 0.733. The Kier molecular flexibility index (Phi) is 5.05. The van der Waals surface area contributed by atoms with Crippen LogP contribution in [0.4, 0.5) is 0 Å². The molecule has 0 saturated carbocycles. The molecule has 0 bridgehead atoms. The normalized spacial score (nSPS) is 21.1. The van der Waals surface area contributed by atoms with Gasteiger partial charge in [0.15, 0.2) is 0 Å². The predicted molar refractivity (Wildman–Crippen MR) is 57.1 cm³/mol. The summed E-state index contributed by atoms with van der Waals surface area (Å²) in [6.07, 6.45) is 0.646. The summed E-state index contributed by atoms with van der Waals surface area (Å²) in [5.41, 5.74) is 0. The average molecular weight is 214 g/mol. The van der Waals surface area contributed by atoms with Gasteiger partial charge in [0.2, 0.25) is 5.91 Å². The molecule has 15 heavy (non-hydrogen) atoms. The van der Waals surface area contributed by atoms with Crippen LogP contribution in [0.3, 0.4) is 0 Å². The van der Waals surface area contributed by atoms with Gasteiger partial charge in [-0.2, -0.15) is 0 Å². The summed E-state index contributed by atoms with van der Waals surface area (Å²) < 4.78 is 5.18. The van der Waals surface area contributed by atoms with Crippen molar-refractivity contribution in [3.63, 3.8) is 0 Å². The second-order valence-corrected chi connectivity index (χ2v) is 4.16. The third kappa shape index (κ3) is 3.80. The van der Waals surface area contributed by atoms with Gasteiger partial charge >= 0.3 is 0 Å². The number of aliphatic hydroxyl groups is 1. The number of ether oxygens (including phenoxy) is 1. The van der Waals surface area contributed by atoms with Crippen LogP contribution in [0.15, 0.2) is 0 Å². The molecular formula is C11H20NO3. The SMILES string of the molecule is [CH2]C(CC(C)CO)C(=O)N1CCOCC1. The van der Waals surface area contributed by atoms with Crippen LogP contribution in [0, 0.1) is 18.8 Å². The lowest BCUT2D eigenvalue weighted by Gasteiger charge is -2.29. The van der Waals surface area contributed by atoms with Gasteiger partial charge in [0.05, 0.1) is 13.2 Å². The fraction of sp³-hybridized carbons (Fsp3) is 0.818. The van der Waals surface area contributed by atoms with Crippen molar-refractivity contribution in [2.45, 2.75) is 13.3 Å². The molecule has 4 heteroatoms. The number of hydrogen-bond acceptors (Lipinski definition) is 3. The summed E-state index contributed by atoms with van der Waals surface area (Å²) in [6, 6.07) is 0. The maximum absolute atomic E-state index is 11.9. The number of morpholine rings is 1. The molecule has 0 aromatic carbocycles. The van der Waals surface area contributed by atoms with E-state index >= 15 is 0 Å². The molecule has 1 aliphatic rings. The third-order valence-electron chi connectivity index (χ3n) is 2.67. The molecule has 87 valence electrons. The van der Waals surface area contributed by atoms with Gasteiger partial charge < -0.3 is 14.7 Å². The summed E-state index contributed by atoms with van der Waals surface area (Å²) in [4.78, 5) is 13.7. The number of aliphatic hydroxyl groups excluding tert-OH is 1. The lowest BCUT2D eigenvalue weighted by molar-refractivity contribution is -0.138. The van der Waals surface area contributed by atoms with Gasteiger partial charge in [-0.25, -0.2) is 0 Å². The Morgan fingerprint density at radius 3 is 2.67 bits per heavy atom. The van der Waals surface area contributed by atoms with Crippen molar-refractivity contribution in [2.24, 2.45) is 11.8 Å². The zero-order valence-electron chi connectivity index (χ0n) is 9.32. The number of carbonyl (C=O) groups is 1. The van der Waals surface area contributed by atoms with E-state index in [1.54, 1.807) is 4.90 Å². The van der Waals surface area contributed by atoms with Crippen LogP contribution in [-0.2, 0) is 9.53 Å². The van der Waals surface area contributed by atoms with Gasteiger partial charge in [0.1, 0.15) is 0 Å². The molecule has 4 nitrogen and oxygen atoms in total. The topological polar surface area (TPSA) is 49.8 Å². The average Bonchev–Trinajstić information content (AvgIpc) is 2.29. The van der Waals surface area contributed by atoms with E-state index < -0.39 is 0 Å². The molecule has 2 unspecified atom stereocenters. The monoisotopic (exact) mass is 214 g/mol. The molecule has 1 radical (unpaired) electrons. The molecule has 1 rings (SSSR count).